The zero-order valence-corrected chi connectivity index (χ0v) is 12.6. The number of aryl methyl sites for hydroxylation is 2. The molecule has 2 aromatic rings. The van der Waals surface area contributed by atoms with E-state index in [-0.39, 0.29) is 5.75 Å². The Kier molecular flexibility index (Phi) is 4.57. The van der Waals surface area contributed by atoms with E-state index in [1.807, 2.05) is 62.4 Å². The minimum atomic E-state index is -3.31. The van der Waals surface area contributed by atoms with Crippen molar-refractivity contribution in [2.75, 3.05) is 0 Å². The van der Waals surface area contributed by atoms with Crippen LogP contribution in [0.15, 0.2) is 48.5 Å². The lowest BCUT2D eigenvalue weighted by Gasteiger charge is -2.10. The van der Waals surface area contributed by atoms with Crippen LogP contribution in [0.4, 0.5) is 0 Å². The molecular weight excluding hydrogens is 270 g/mol. The van der Waals surface area contributed by atoms with Gasteiger partial charge in [0, 0.05) is 6.54 Å². The zero-order chi connectivity index (χ0) is 14.6. The van der Waals surface area contributed by atoms with Gasteiger partial charge in [-0.1, -0.05) is 54.1 Å². The highest BCUT2D eigenvalue weighted by Crippen LogP contribution is 2.11. The molecule has 0 heterocycles. The number of rotatable bonds is 5. The van der Waals surface area contributed by atoms with Crippen molar-refractivity contribution in [1.29, 1.82) is 0 Å². The monoisotopic (exact) mass is 289 g/mol. The van der Waals surface area contributed by atoms with Crippen LogP contribution in [0.3, 0.4) is 0 Å². The van der Waals surface area contributed by atoms with Crippen molar-refractivity contribution in [2.24, 2.45) is 0 Å². The molecule has 0 aromatic heterocycles. The molecule has 0 amide bonds. The van der Waals surface area contributed by atoms with Crippen molar-refractivity contribution in [3.63, 3.8) is 0 Å². The summed E-state index contributed by atoms with van der Waals surface area (Å²) in [6, 6.07) is 15.2. The van der Waals surface area contributed by atoms with Crippen LogP contribution in [-0.2, 0) is 22.3 Å². The van der Waals surface area contributed by atoms with Crippen LogP contribution < -0.4 is 4.72 Å². The van der Waals surface area contributed by atoms with Crippen LogP contribution in [0.1, 0.15) is 22.3 Å². The lowest BCUT2D eigenvalue weighted by molar-refractivity contribution is 0.580. The molecule has 0 aliphatic rings. The Morgan fingerprint density at radius 1 is 1.00 bits per heavy atom. The molecule has 0 spiro atoms. The summed E-state index contributed by atoms with van der Waals surface area (Å²) in [5, 5.41) is 0. The first kappa shape index (κ1) is 14.8. The van der Waals surface area contributed by atoms with E-state index in [1.54, 1.807) is 0 Å². The maximum Gasteiger partial charge on any atom is 0.216 e. The van der Waals surface area contributed by atoms with Gasteiger partial charge in [0.05, 0.1) is 5.75 Å². The van der Waals surface area contributed by atoms with Gasteiger partial charge in [-0.15, -0.1) is 0 Å². The molecule has 3 nitrogen and oxygen atoms in total. The first-order valence-corrected chi connectivity index (χ1v) is 8.19. The molecule has 4 heteroatoms. The highest BCUT2D eigenvalue weighted by Gasteiger charge is 2.11. The average molecular weight is 289 g/mol. The summed E-state index contributed by atoms with van der Waals surface area (Å²) in [7, 11) is -3.31. The van der Waals surface area contributed by atoms with E-state index in [2.05, 4.69) is 4.72 Å². The molecular formula is C16H19NO2S. The van der Waals surface area contributed by atoms with E-state index in [9.17, 15) is 8.42 Å². The van der Waals surface area contributed by atoms with Gasteiger partial charge in [-0.2, -0.15) is 0 Å². The standard InChI is InChI=1S/C16H19NO2S/c1-13-8-9-14(2)16(10-13)11-17-20(18,19)12-15-6-4-3-5-7-15/h3-10,17H,11-12H2,1-2H3. The molecule has 0 saturated heterocycles. The smallest absolute Gasteiger partial charge is 0.212 e. The van der Waals surface area contributed by atoms with E-state index in [0.717, 1.165) is 22.3 Å². The van der Waals surface area contributed by atoms with Crippen LogP contribution in [0.2, 0.25) is 0 Å². The fourth-order valence-corrected chi connectivity index (χ4v) is 3.13. The van der Waals surface area contributed by atoms with Crippen LogP contribution >= 0.6 is 0 Å². The molecule has 0 atom stereocenters. The maximum absolute atomic E-state index is 12.1. The van der Waals surface area contributed by atoms with Crippen LogP contribution in [-0.4, -0.2) is 8.42 Å². The second kappa shape index (κ2) is 6.20. The molecule has 0 saturated carbocycles. The number of hydrogen-bond acceptors (Lipinski definition) is 2. The normalized spacial score (nSPS) is 11.5. The minimum Gasteiger partial charge on any atom is -0.212 e. The zero-order valence-electron chi connectivity index (χ0n) is 11.8. The molecule has 20 heavy (non-hydrogen) atoms. The summed E-state index contributed by atoms with van der Waals surface area (Å²) < 4.78 is 26.8. The molecule has 0 aliphatic carbocycles. The molecule has 0 aliphatic heterocycles. The predicted molar refractivity (Wildman–Crippen MR) is 81.8 cm³/mol. The first-order chi connectivity index (χ1) is 9.46. The van der Waals surface area contributed by atoms with E-state index in [1.165, 1.54) is 0 Å². The van der Waals surface area contributed by atoms with E-state index < -0.39 is 10.0 Å². The molecule has 1 N–H and O–H groups in total. The van der Waals surface area contributed by atoms with Gasteiger partial charge in [-0.3, -0.25) is 0 Å². The topological polar surface area (TPSA) is 46.2 Å². The van der Waals surface area contributed by atoms with Crippen molar-refractivity contribution >= 4 is 10.0 Å². The Labute approximate surface area is 120 Å². The highest BCUT2D eigenvalue weighted by molar-refractivity contribution is 7.88. The Bertz CT molecular complexity index is 679. The lowest BCUT2D eigenvalue weighted by Crippen LogP contribution is -2.25. The quantitative estimate of drug-likeness (QED) is 0.920. The third-order valence-electron chi connectivity index (χ3n) is 3.19. The number of nitrogens with one attached hydrogen (secondary N) is 1. The van der Waals surface area contributed by atoms with Gasteiger partial charge < -0.3 is 0 Å². The minimum absolute atomic E-state index is 0.0126. The van der Waals surface area contributed by atoms with Crippen molar-refractivity contribution in [3.8, 4) is 0 Å². The summed E-state index contributed by atoms with van der Waals surface area (Å²) in [5.74, 6) is 0.0126. The number of benzene rings is 2. The molecule has 0 fully saturated rings. The lowest BCUT2D eigenvalue weighted by atomic mass is 10.1. The van der Waals surface area contributed by atoms with Gasteiger partial charge >= 0.3 is 0 Å². The van der Waals surface area contributed by atoms with Crippen LogP contribution in [0.5, 0.6) is 0 Å². The predicted octanol–water partition coefficient (Wildman–Crippen LogP) is 2.92. The molecule has 2 aromatic carbocycles. The van der Waals surface area contributed by atoms with E-state index in [0.29, 0.717) is 6.54 Å². The van der Waals surface area contributed by atoms with Gasteiger partial charge in [0.25, 0.3) is 0 Å². The fraction of sp³-hybridized carbons (Fsp3) is 0.250. The summed E-state index contributed by atoms with van der Waals surface area (Å²) in [6.07, 6.45) is 0. The Balaban J connectivity index is 2.04. The van der Waals surface area contributed by atoms with Crippen LogP contribution in [0, 0.1) is 13.8 Å². The van der Waals surface area contributed by atoms with E-state index in [4.69, 9.17) is 0 Å². The van der Waals surface area contributed by atoms with Crippen LogP contribution in [0.25, 0.3) is 0 Å². The third kappa shape index (κ3) is 4.18. The van der Waals surface area contributed by atoms with Gasteiger partial charge in [0.1, 0.15) is 0 Å². The SMILES string of the molecule is Cc1ccc(C)c(CNS(=O)(=O)Cc2ccccc2)c1. The largest absolute Gasteiger partial charge is 0.216 e. The molecule has 0 bridgehead atoms. The average Bonchev–Trinajstić information content (AvgIpc) is 2.40. The van der Waals surface area contributed by atoms with Crippen molar-refractivity contribution in [2.45, 2.75) is 26.1 Å². The third-order valence-corrected chi connectivity index (χ3v) is 4.48. The Morgan fingerprint density at radius 3 is 2.40 bits per heavy atom. The number of sulfonamides is 1. The summed E-state index contributed by atoms with van der Waals surface area (Å²) in [4.78, 5) is 0. The molecule has 0 radical (unpaired) electrons. The molecule has 2 rings (SSSR count). The van der Waals surface area contributed by atoms with Gasteiger partial charge in [0.15, 0.2) is 0 Å². The second-order valence-electron chi connectivity index (χ2n) is 5.00. The van der Waals surface area contributed by atoms with Gasteiger partial charge in [-0.25, -0.2) is 13.1 Å². The summed E-state index contributed by atoms with van der Waals surface area (Å²) in [5.41, 5.74) is 4.04. The van der Waals surface area contributed by atoms with Gasteiger partial charge in [-0.05, 0) is 30.5 Å². The fourth-order valence-electron chi connectivity index (χ4n) is 2.02. The Hall–Kier alpha value is -1.65. The van der Waals surface area contributed by atoms with Crippen molar-refractivity contribution < 1.29 is 8.42 Å². The van der Waals surface area contributed by atoms with Gasteiger partial charge in [0.2, 0.25) is 10.0 Å². The molecule has 0 unspecified atom stereocenters. The summed E-state index contributed by atoms with van der Waals surface area (Å²) >= 11 is 0. The number of hydrogen-bond donors (Lipinski definition) is 1. The molecule has 106 valence electrons. The van der Waals surface area contributed by atoms with E-state index >= 15 is 0 Å². The summed E-state index contributed by atoms with van der Waals surface area (Å²) in [6.45, 7) is 4.32. The highest BCUT2D eigenvalue weighted by atomic mass is 32.2. The maximum atomic E-state index is 12.1. The Morgan fingerprint density at radius 2 is 1.70 bits per heavy atom. The first-order valence-electron chi connectivity index (χ1n) is 6.54. The second-order valence-corrected chi connectivity index (χ2v) is 6.80. The van der Waals surface area contributed by atoms with Crippen molar-refractivity contribution in [3.05, 3.63) is 70.8 Å². The van der Waals surface area contributed by atoms with Crippen molar-refractivity contribution in [1.82, 2.24) is 4.72 Å².